The van der Waals surface area contributed by atoms with Crippen LogP contribution in [0.1, 0.15) is 12.5 Å². The topological polar surface area (TPSA) is 12.5 Å². The summed E-state index contributed by atoms with van der Waals surface area (Å²) >= 11 is 0. The van der Waals surface area contributed by atoms with Gasteiger partial charge in [0.1, 0.15) is 0 Å². The van der Waals surface area contributed by atoms with Gasteiger partial charge < -0.3 is 9.64 Å². The zero-order valence-electron chi connectivity index (χ0n) is 12.4. The van der Waals surface area contributed by atoms with E-state index < -0.39 is 18.8 Å². The van der Waals surface area contributed by atoms with Crippen LogP contribution in [0.5, 0.6) is 5.75 Å². The molecule has 0 aromatic heterocycles. The number of hydrogen-bond acceptors (Lipinski definition) is 2. The van der Waals surface area contributed by atoms with Gasteiger partial charge in [-0.15, -0.1) is 5.57 Å². The van der Waals surface area contributed by atoms with Gasteiger partial charge in [0.05, 0.1) is 25.2 Å². The molecular formula is C16H15F3NOY-. The third-order valence-corrected chi connectivity index (χ3v) is 3.23. The van der Waals surface area contributed by atoms with Gasteiger partial charge in [-0.3, -0.25) is 0 Å². The third-order valence-electron chi connectivity index (χ3n) is 3.23. The van der Waals surface area contributed by atoms with Crippen LogP contribution < -0.4 is 4.74 Å². The number of benzene rings is 1. The number of rotatable bonds is 4. The smallest absolute Gasteiger partial charge is 0.256 e. The molecular weight excluding hydrogens is 368 g/mol. The largest absolute Gasteiger partial charge is 0.509 e. The Morgan fingerprint density at radius 3 is 2.64 bits per heavy atom. The van der Waals surface area contributed by atoms with Gasteiger partial charge in [-0.1, -0.05) is 25.3 Å². The number of alkyl halides is 2. The monoisotopic (exact) mass is 383 g/mol. The van der Waals surface area contributed by atoms with E-state index in [1.807, 2.05) is 0 Å². The SMILES string of the molecule is C=C1C(C)=C[C-]=C(c2c(F)cccc2OC)N1CC(F)F.[Y]. The minimum absolute atomic E-state index is 0. The van der Waals surface area contributed by atoms with E-state index in [4.69, 9.17) is 4.74 Å². The summed E-state index contributed by atoms with van der Waals surface area (Å²) in [5, 5.41) is 0. The predicted octanol–water partition coefficient (Wildman–Crippen LogP) is 4.02. The number of ether oxygens (including phenoxy) is 1. The van der Waals surface area contributed by atoms with Gasteiger partial charge in [0.2, 0.25) is 0 Å². The van der Waals surface area contributed by atoms with Crippen LogP contribution in [-0.2, 0) is 32.7 Å². The summed E-state index contributed by atoms with van der Waals surface area (Å²) in [6, 6.07) is 4.32. The van der Waals surface area contributed by atoms with Crippen molar-refractivity contribution in [3.63, 3.8) is 0 Å². The van der Waals surface area contributed by atoms with Crippen LogP contribution in [0, 0.1) is 11.9 Å². The Kier molecular flexibility index (Phi) is 6.88. The van der Waals surface area contributed by atoms with E-state index in [2.05, 4.69) is 12.7 Å². The second-order valence-electron chi connectivity index (χ2n) is 4.59. The molecule has 0 aliphatic carbocycles. The Balaban J connectivity index is 0.00000242. The minimum atomic E-state index is -2.58. The number of methoxy groups -OCH3 is 1. The van der Waals surface area contributed by atoms with Crippen molar-refractivity contribution in [1.29, 1.82) is 0 Å². The van der Waals surface area contributed by atoms with E-state index in [1.165, 1.54) is 24.1 Å². The van der Waals surface area contributed by atoms with Crippen LogP contribution >= 0.6 is 0 Å². The van der Waals surface area contributed by atoms with Gasteiger partial charge in [0, 0.05) is 32.7 Å². The van der Waals surface area contributed by atoms with E-state index in [9.17, 15) is 13.2 Å². The Morgan fingerprint density at radius 1 is 1.36 bits per heavy atom. The van der Waals surface area contributed by atoms with Gasteiger partial charge in [-0.2, -0.15) is 12.2 Å². The molecule has 2 rings (SSSR count). The first-order chi connectivity index (χ1) is 9.95. The molecule has 0 fully saturated rings. The van der Waals surface area contributed by atoms with Crippen LogP contribution in [0.4, 0.5) is 13.2 Å². The number of hydrogen-bond donors (Lipinski definition) is 0. The maximum absolute atomic E-state index is 14.2. The van der Waals surface area contributed by atoms with E-state index in [0.717, 1.165) is 0 Å². The molecule has 0 spiro atoms. The van der Waals surface area contributed by atoms with Crippen LogP contribution in [0.25, 0.3) is 5.70 Å². The molecule has 0 saturated carbocycles. The van der Waals surface area contributed by atoms with Crippen LogP contribution in [-0.4, -0.2) is 25.0 Å². The molecule has 1 aromatic rings. The average molecular weight is 383 g/mol. The Hall–Kier alpha value is -1.07. The summed E-state index contributed by atoms with van der Waals surface area (Å²) < 4.78 is 44.9. The fourth-order valence-corrected chi connectivity index (χ4v) is 2.14. The fraction of sp³-hybridized carbons (Fsp3) is 0.250. The Morgan fingerprint density at radius 2 is 2.05 bits per heavy atom. The van der Waals surface area contributed by atoms with Gasteiger partial charge in [-0.05, 0) is 23.4 Å². The van der Waals surface area contributed by atoms with Crippen molar-refractivity contribution >= 4 is 5.70 Å². The summed E-state index contributed by atoms with van der Waals surface area (Å²) in [6.45, 7) is 4.95. The summed E-state index contributed by atoms with van der Waals surface area (Å²) in [7, 11) is 1.40. The molecule has 1 radical (unpaired) electrons. The quantitative estimate of drug-likeness (QED) is 0.729. The first-order valence-electron chi connectivity index (χ1n) is 6.33. The Bertz CT molecular complexity index is 626. The van der Waals surface area contributed by atoms with Crippen molar-refractivity contribution in [2.24, 2.45) is 0 Å². The van der Waals surface area contributed by atoms with Crippen LogP contribution in [0.3, 0.4) is 0 Å². The van der Waals surface area contributed by atoms with Gasteiger partial charge in [0.25, 0.3) is 6.43 Å². The van der Waals surface area contributed by atoms with Gasteiger partial charge >= 0.3 is 0 Å². The standard InChI is InChI=1S/C16H15F3NO.Y/c1-10-7-8-13(20(11(10)2)9-15(18)19)16-12(17)5-4-6-14(16)21-3;/h4-7,15H,2,9H2,1,3H3;/q-1;. The molecule has 1 aromatic carbocycles. The molecule has 0 bridgehead atoms. The first kappa shape index (κ1) is 19.0. The number of allylic oxidation sites excluding steroid dienone is 3. The van der Waals surface area contributed by atoms with Crippen molar-refractivity contribution in [3.8, 4) is 5.75 Å². The summed E-state index contributed by atoms with van der Waals surface area (Å²) in [4.78, 5) is 1.26. The zero-order valence-corrected chi connectivity index (χ0v) is 15.2. The van der Waals surface area contributed by atoms with Crippen molar-refractivity contribution in [3.05, 3.63) is 59.6 Å². The van der Waals surface area contributed by atoms with Gasteiger partial charge in [-0.25, -0.2) is 13.2 Å². The van der Waals surface area contributed by atoms with E-state index >= 15 is 0 Å². The van der Waals surface area contributed by atoms with Crippen molar-refractivity contribution < 1.29 is 50.6 Å². The predicted molar refractivity (Wildman–Crippen MR) is 75.2 cm³/mol. The number of nitrogens with zero attached hydrogens (tertiary/aromatic N) is 1. The molecule has 1 aliphatic rings. The summed E-state index contributed by atoms with van der Waals surface area (Å²) in [5.41, 5.74) is 1.40. The van der Waals surface area contributed by atoms with Crippen LogP contribution in [0.2, 0.25) is 0 Å². The van der Waals surface area contributed by atoms with E-state index in [1.54, 1.807) is 19.1 Å². The second-order valence-corrected chi connectivity index (χ2v) is 4.59. The molecule has 0 saturated heterocycles. The number of halogens is 3. The fourth-order valence-electron chi connectivity index (χ4n) is 2.14. The first-order valence-corrected chi connectivity index (χ1v) is 6.33. The molecule has 1 aliphatic heterocycles. The van der Waals surface area contributed by atoms with Crippen LogP contribution in [0.15, 0.2) is 42.1 Å². The van der Waals surface area contributed by atoms with Gasteiger partial charge in [0.15, 0.2) is 0 Å². The molecule has 1 heterocycles. The molecule has 115 valence electrons. The molecule has 0 atom stereocenters. The summed E-state index contributed by atoms with van der Waals surface area (Å²) in [5.74, 6) is -0.297. The Labute approximate surface area is 153 Å². The maximum atomic E-state index is 14.2. The minimum Gasteiger partial charge on any atom is -0.509 e. The maximum Gasteiger partial charge on any atom is 0.256 e. The normalized spacial score (nSPS) is 14.5. The molecule has 2 nitrogen and oxygen atoms in total. The van der Waals surface area contributed by atoms with E-state index in [0.29, 0.717) is 11.3 Å². The van der Waals surface area contributed by atoms with Crippen molar-refractivity contribution in [1.82, 2.24) is 4.90 Å². The molecule has 0 amide bonds. The molecule has 22 heavy (non-hydrogen) atoms. The zero-order chi connectivity index (χ0) is 15.6. The third kappa shape index (κ3) is 3.82. The molecule has 0 N–H and O–H groups in total. The summed E-state index contributed by atoms with van der Waals surface area (Å²) in [6.07, 6.45) is 1.87. The van der Waals surface area contributed by atoms with Crippen molar-refractivity contribution in [2.45, 2.75) is 13.3 Å². The molecule has 6 heteroatoms. The van der Waals surface area contributed by atoms with Crippen molar-refractivity contribution in [2.75, 3.05) is 13.7 Å². The van der Waals surface area contributed by atoms with E-state index in [-0.39, 0.29) is 49.7 Å². The average Bonchev–Trinajstić information content (AvgIpc) is 2.44. The molecule has 0 unspecified atom stereocenters. The second kappa shape index (κ2) is 7.98.